The molecule has 0 aromatic heterocycles. The predicted molar refractivity (Wildman–Crippen MR) is 390 cm³/mol. The summed E-state index contributed by atoms with van der Waals surface area (Å²) in [6.07, 6.45) is 70.3. The van der Waals surface area contributed by atoms with Crippen LogP contribution in [0.1, 0.15) is 323 Å². The maximum Gasteiger partial charge on any atom is 0.472 e. The van der Waals surface area contributed by atoms with Crippen LogP contribution in [0.2, 0.25) is 0 Å². The molecule has 0 bridgehead atoms. The number of carbonyl (C=O) groups excluding carboxylic acids is 4. The Hall–Kier alpha value is -3.76. The summed E-state index contributed by atoms with van der Waals surface area (Å²) in [5, 5.41) is 10.6. The average molecular weight is 1400 g/mol. The lowest BCUT2D eigenvalue weighted by atomic mass is 10.0. The summed E-state index contributed by atoms with van der Waals surface area (Å²) in [5.41, 5.74) is 0. The molecule has 0 heterocycles. The van der Waals surface area contributed by atoms with Gasteiger partial charge in [-0.1, -0.05) is 305 Å². The second kappa shape index (κ2) is 69.7. The van der Waals surface area contributed by atoms with Gasteiger partial charge in [0.15, 0.2) is 12.2 Å². The molecule has 0 aliphatic rings. The third-order valence-corrected chi connectivity index (χ3v) is 17.8. The number of ether oxygens (including phenoxy) is 4. The molecule has 0 fully saturated rings. The van der Waals surface area contributed by atoms with E-state index in [0.29, 0.717) is 25.7 Å². The summed E-state index contributed by atoms with van der Waals surface area (Å²) in [7, 11) is -9.96. The van der Waals surface area contributed by atoms with Crippen LogP contribution < -0.4 is 0 Å². The van der Waals surface area contributed by atoms with Crippen molar-refractivity contribution in [1.29, 1.82) is 0 Å². The SMILES string of the molecule is CC/C=C\C/C=C\C/C=C\C/C=C\C/C=C\CC(=O)OCC(COP(=O)(O)OCC(O)COP(=O)(O)OCC(COC(=O)CCCCCCC/C=C\C/C=C\CCC)OC(=O)CCCCCCCCCCCCCCC)OC(=O)CCCCCCCCCCCCCCCCC. The van der Waals surface area contributed by atoms with Crippen LogP contribution in [-0.2, 0) is 65.4 Å². The maximum atomic E-state index is 13.1. The first-order chi connectivity index (χ1) is 46.7. The molecule has 96 heavy (non-hydrogen) atoms. The molecule has 17 nitrogen and oxygen atoms in total. The van der Waals surface area contributed by atoms with Crippen molar-refractivity contribution in [1.82, 2.24) is 0 Å². The normalized spacial score (nSPS) is 14.4. The highest BCUT2D eigenvalue weighted by molar-refractivity contribution is 7.47. The number of allylic oxidation sites excluding steroid dienone is 13. The van der Waals surface area contributed by atoms with Crippen LogP contribution in [0.3, 0.4) is 0 Å². The quantitative estimate of drug-likeness (QED) is 0.0169. The molecular formula is C77H136O17P2. The van der Waals surface area contributed by atoms with Crippen molar-refractivity contribution in [3.63, 3.8) is 0 Å². The number of hydrogen-bond donors (Lipinski definition) is 3. The van der Waals surface area contributed by atoms with E-state index in [0.717, 1.165) is 128 Å². The van der Waals surface area contributed by atoms with Gasteiger partial charge >= 0.3 is 39.5 Å². The second-order valence-corrected chi connectivity index (χ2v) is 28.1. The van der Waals surface area contributed by atoms with Crippen molar-refractivity contribution in [2.45, 2.75) is 341 Å². The first-order valence-electron chi connectivity index (χ1n) is 37.8. The zero-order valence-electron chi connectivity index (χ0n) is 60.5. The number of aliphatic hydroxyl groups excluding tert-OH is 1. The fourth-order valence-electron chi connectivity index (χ4n) is 10.2. The number of hydrogen-bond acceptors (Lipinski definition) is 15. The van der Waals surface area contributed by atoms with Crippen molar-refractivity contribution >= 4 is 39.5 Å². The Kier molecular flexibility index (Phi) is 67.0. The topological polar surface area (TPSA) is 237 Å². The number of aliphatic hydroxyl groups is 1. The summed E-state index contributed by atoms with van der Waals surface area (Å²) in [6.45, 7) is 4.60. The summed E-state index contributed by atoms with van der Waals surface area (Å²) >= 11 is 0. The van der Waals surface area contributed by atoms with Gasteiger partial charge in [0.2, 0.25) is 0 Å². The number of esters is 4. The van der Waals surface area contributed by atoms with Crippen LogP contribution in [0.25, 0.3) is 0 Å². The van der Waals surface area contributed by atoms with Crippen LogP contribution >= 0.6 is 15.6 Å². The van der Waals surface area contributed by atoms with Gasteiger partial charge in [-0.25, -0.2) is 9.13 Å². The third kappa shape index (κ3) is 68.8. The standard InChI is InChI=1S/C77H136O17P2/c1-5-9-13-17-21-25-29-33-35-39-42-46-50-54-58-62-75(80)88-68-73(94-77(82)64-60-56-52-48-44-40-36-34-30-26-22-18-14-10-6-2)70-92-96(85,86)90-66-71(78)65-89-95(83,84)91-69-72(93-76(81)63-59-55-51-47-43-38-32-28-24-20-16-12-8-4)67-87-74(79)61-57-53-49-45-41-37-31-27-23-19-15-11-7-3/h9,13,15,19,21,25,27,31,33,35,42,46,54,58,71-73,78H,5-8,10-12,14,16-18,20,22-24,26,28-30,32,34,36-41,43-45,47-53,55-57,59-70H2,1-4H3,(H,83,84)(H,85,86)/b13-9-,19-15-,25-21-,31-27-,35-33-,46-42-,58-54-. The Morgan fingerprint density at radius 3 is 0.969 bits per heavy atom. The number of phosphoric ester groups is 2. The van der Waals surface area contributed by atoms with E-state index in [1.165, 1.54) is 116 Å². The lowest BCUT2D eigenvalue weighted by Crippen LogP contribution is -2.30. The van der Waals surface area contributed by atoms with Gasteiger partial charge in [-0.05, 0) is 77.0 Å². The molecule has 5 unspecified atom stereocenters. The van der Waals surface area contributed by atoms with Crippen molar-refractivity contribution in [3.05, 3.63) is 85.1 Å². The van der Waals surface area contributed by atoms with Crippen LogP contribution in [0.5, 0.6) is 0 Å². The molecule has 0 aliphatic carbocycles. The van der Waals surface area contributed by atoms with E-state index in [1.54, 1.807) is 6.08 Å². The van der Waals surface area contributed by atoms with Gasteiger partial charge in [0.05, 0.1) is 32.8 Å². The highest BCUT2D eigenvalue weighted by atomic mass is 31.2. The van der Waals surface area contributed by atoms with Gasteiger partial charge < -0.3 is 33.8 Å². The zero-order valence-corrected chi connectivity index (χ0v) is 62.3. The van der Waals surface area contributed by atoms with Crippen molar-refractivity contribution < 1.29 is 80.2 Å². The van der Waals surface area contributed by atoms with Gasteiger partial charge in [0.25, 0.3) is 0 Å². The summed E-state index contributed by atoms with van der Waals surface area (Å²) in [6, 6.07) is 0. The van der Waals surface area contributed by atoms with Gasteiger partial charge in [-0.15, -0.1) is 0 Å². The Bertz CT molecular complexity index is 2160. The molecule has 5 atom stereocenters. The molecule has 0 rings (SSSR count). The minimum absolute atomic E-state index is 0.0676. The van der Waals surface area contributed by atoms with E-state index >= 15 is 0 Å². The number of rotatable bonds is 71. The molecule has 0 saturated carbocycles. The molecular weight excluding hydrogens is 1260 g/mol. The van der Waals surface area contributed by atoms with E-state index in [-0.39, 0.29) is 25.7 Å². The second-order valence-electron chi connectivity index (χ2n) is 25.2. The Morgan fingerprint density at radius 2 is 0.604 bits per heavy atom. The average Bonchev–Trinajstić information content (AvgIpc) is 1.36. The highest BCUT2D eigenvalue weighted by Crippen LogP contribution is 2.45. The zero-order chi connectivity index (χ0) is 70.4. The Morgan fingerprint density at radius 1 is 0.312 bits per heavy atom. The molecule has 3 N–H and O–H groups in total. The van der Waals surface area contributed by atoms with Gasteiger partial charge in [0.1, 0.15) is 19.3 Å². The Balaban J connectivity index is 5.39. The lowest BCUT2D eigenvalue weighted by molar-refractivity contribution is -0.161. The van der Waals surface area contributed by atoms with Crippen molar-refractivity contribution in [2.75, 3.05) is 39.6 Å². The maximum absolute atomic E-state index is 13.1. The number of carbonyl (C=O) groups is 4. The van der Waals surface area contributed by atoms with Crippen molar-refractivity contribution in [2.24, 2.45) is 0 Å². The lowest BCUT2D eigenvalue weighted by Gasteiger charge is -2.21. The van der Waals surface area contributed by atoms with E-state index in [1.807, 2.05) is 18.2 Å². The van der Waals surface area contributed by atoms with Gasteiger partial charge in [0, 0.05) is 19.3 Å². The minimum atomic E-state index is -4.99. The molecule has 19 heteroatoms. The molecule has 556 valence electrons. The van der Waals surface area contributed by atoms with Gasteiger partial charge in [-0.2, -0.15) is 0 Å². The summed E-state index contributed by atoms with van der Waals surface area (Å²) < 4.78 is 68.3. The third-order valence-electron chi connectivity index (χ3n) is 15.9. The smallest absolute Gasteiger partial charge is 0.462 e. The largest absolute Gasteiger partial charge is 0.472 e. The molecule has 0 saturated heterocycles. The molecule has 0 spiro atoms. The summed E-state index contributed by atoms with van der Waals surface area (Å²) in [4.78, 5) is 72.7. The highest BCUT2D eigenvalue weighted by Gasteiger charge is 2.30. The van der Waals surface area contributed by atoms with E-state index < -0.39 is 97.5 Å². The minimum Gasteiger partial charge on any atom is -0.462 e. The number of phosphoric acid groups is 2. The monoisotopic (exact) mass is 1390 g/mol. The fraction of sp³-hybridized carbons (Fsp3) is 0.766. The fourth-order valence-corrected chi connectivity index (χ4v) is 11.7. The Labute approximate surface area is 583 Å². The molecule has 0 radical (unpaired) electrons. The molecule has 0 aromatic carbocycles. The van der Waals surface area contributed by atoms with Crippen LogP contribution in [0.4, 0.5) is 0 Å². The van der Waals surface area contributed by atoms with E-state index in [9.17, 15) is 43.2 Å². The van der Waals surface area contributed by atoms with Crippen LogP contribution in [-0.4, -0.2) is 96.7 Å². The first kappa shape index (κ1) is 92.2. The molecule has 0 amide bonds. The van der Waals surface area contributed by atoms with Crippen LogP contribution in [0, 0.1) is 0 Å². The first-order valence-corrected chi connectivity index (χ1v) is 40.8. The van der Waals surface area contributed by atoms with Crippen LogP contribution in [0.15, 0.2) is 85.1 Å². The van der Waals surface area contributed by atoms with E-state index in [4.69, 9.17) is 37.0 Å². The van der Waals surface area contributed by atoms with Gasteiger partial charge in [-0.3, -0.25) is 37.3 Å². The molecule has 0 aliphatic heterocycles. The van der Waals surface area contributed by atoms with Crippen molar-refractivity contribution in [3.8, 4) is 0 Å². The predicted octanol–water partition coefficient (Wildman–Crippen LogP) is 21.4. The molecule has 0 aromatic rings. The van der Waals surface area contributed by atoms with E-state index in [2.05, 4.69) is 88.5 Å². The summed E-state index contributed by atoms with van der Waals surface area (Å²) in [5.74, 6) is -2.32. The number of unbranched alkanes of at least 4 members (excludes halogenated alkanes) is 32.